The Morgan fingerprint density at radius 3 is 2.75 bits per heavy atom. The van der Waals surface area contributed by atoms with E-state index in [1.54, 1.807) is 13.2 Å². The normalized spacial score (nSPS) is 12.5. The Balaban J connectivity index is 2.69. The van der Waals surface area contributed by atoms with E-state index in [1.807, 2.05) is 0 Å². The summed E-state index contributed by atoms with van der Waals surface area (Å²) in [6.07, 6.45) is 1.48. The molecule has 1 atom stereocenters. The van der Waals surface area contributed by atoms with Crippen LogP contribution in [0.15, 0.2) is 18.3 Å². The van der Waals surface area contributed by atoms with Crippen LogP contribution in [0.2, 0.25) is 0 Å². The van der Waals surface area contributed by atoms with Crippen LogP contribution in [0.3, 0.4) is 0 Å². The first-order valence-electron chi connectivity index (χ1n) is 5.75. The monoisotopic (exact) mass is 279 g/mol. The topological polar surface area (TPSA) is 132 Å². The summed E-state index contributed by atoms with van der Waals surface area (Å²) in [5.41, 5.74) is 5.98. The Morgan fingerprint density at radius 2 is 2.20 bits per heavy atom. The Morgan fingerprint density at radius 1 is 1.55 bits per heavy atom. The maximum atomic E-state index is 11.1. The largest absolute Gasteiger partial charge is 0.506 e. The van der Waals surface area contributed by atoms with E-state index in [0.717, 1.165) is 0 Å². The molecule has 2 rings (SSSR count). The number of nitrogens with two attached hydrogens (primary N) is 1. The van der Waals surface area contributed by atoms with Crippen molar-refractivity contribution in [2.45, 2.75) is 12.5 Å². The average molecular weight is 279 g/mol. The molecular weight excluding hydrogens is 266 g/mol. The Bertz CT molecular complexity index is 707. The third-order valence-electron chi connectivity index (χ3n) is 3.11. The van der Waals surface area contributed by atoms with Gasteiger partial charge in [-0.05, 0) is 11.6 Å². The first-order valence-corrected chi connectivity index (χ1v) is 5.75. The molecule has 20 heavy (non-hydrogen) atoms. The van der Waals surface area contributed by atoms with Crippen LogP contribution in [-0.4, -0.2) is 31.7 Å². The maximum Gasteiger partial charge on any atom is 0.320 e. The zero-order chi connectivity index (χ0) is 15.0. The van der Waals surface area contributed by atoms with Crippen molar-refractivity contribution in [2.75, 3.05) is 0 Å². The van der Waals surface area contributed by atoms with Gasteiger partial charge in [0.2, 0.25) is 0 Å². The molecule has 1 aromatic heterocycles. The zero-order valence-corrected chi connectivity index (χ0v) is 10.6. The van der Waals surface area contributed by atoms with Gasteiger partial charge in [-0.1, -0.05) is 0 Å². The fourth-order valence-corrected chi connectivity index (χ4v) is 2.24. The number of hydrogen-bond acceptors (Lipinski definition) is 5. The number of aliphatic carboxylic acids is 1. The summed E-state index contributed by atoms with van der Waals surface area (Å²) in [6, 6.07) is 1.26. The molecule has 1 aromatic carbocycles. The zero-order valence-electron chi connectivity index (χ0n) is 10.6. The number of carboxylic acids is 1. The number of phenolic OH excluding ortho intramolecular Hbond substituents is 1. The molecule has 0 spiro atoms. The number of rotatable bonds is 4. The Labute approximate surface area is 113 Å². The van der Waals surface area contributed by atoms with Gasteiger partial charge in [0.05, 0.1) is 15.8 Å². The number of nitrogens with zero attached hydrogens (tertiary/aromatic N) is 2. The molecule has 0 aliphatic heterocycles. The van der Waals surface area contributed by atoms with Gasteiger partial charge in [-0.25, -0.2) is 0 Å². The summed E-state index contributed by atoms with van der Waals surface area (Å²) in [5, 5.41) is 30.0. The van der Waals surface area contributed by atoms with Crippen LogP contribution >= 0.6 is 0 Å². The van der Waals surface area contributed by atoms with Gasteiger partial charge < -0.3 is 20.5 Å². The summed E-state index contributed by atoms with van der Waals surface area (Å²) in [7, 11) is 1.61. The lowest BCUT2D eigenvalue weighted by Crippen LogP contribution is -2.32. The SMILES string of the molecule is Cn1cc(CC(N)C(=O)O)c2c([N+](=O)[O-])ccc(O)c21. The molecule has 106 valence electrons. The first-order chi connectivity index (χ1) is 9.32. The second-order valence-corrected chi connectivity index (χ2v) is 4.50. The molecule has 0 saturated heterocycles. The standard InChI is InChI=1S/C12H13N3O5/c1-14-5-6(4-7(13)12(17)18)10-8(15(19)20)2-3-9(16)11(10)14/h2-3,5,7,16H,4,13H2,1H3,(H,17,18). The number of fused-ring (bicyclic) bond motifs is 1. The molecule has 0 aliphatic carbocycles. The molecule has 0 bridgehead atoms. The van der Waals surface area contributed by atoms with Crippen molar-refractivity contribution in [3.05, 3.63) is 34.0 Å². The summed E-state index contributed by atoms with van der Waals surface area (Å²) >= 11 is 0. The predicted molar refractivity (Wildman–Crippen MR) is 70.6 cm³/mol. The number of carbonyl (C=O) groups is 1. The molecular formula is C12H13N3O5. The van der Waals surface area contributed by atoms with Gasteiger partial charge in [-0.2, -0.15) is 0 Å². The van der Waals surface area contributed by atoms with E-state index in [-0.39, 0.29) is 28.8 Å². The van der Waals surface area contributed by atoms with Crippen molar-refractivity contribution in [2.24, 2.45) is 12.8 Å². The number of phenols is 1. The van der Waals surface area contributed by atoms with Crippen LogP contribution in [0.4, 0.5) is 5.69 Å². The molecule has 0 saturated carbocycles. The van der Waals surface area contributed by atoms with E-state index in [9.17, 15) is 20.0 Å². The third kappa shape index (κ3) is 2.16. The molecule has 2 aromatic rings. The highest BCUT2D eigenvalue weighted by atomic mass is 16.6. The van der Waals surface area contributed by atoms with Gasteiger partial charge in [-0.15, -0.1) is 0 Å². The molecule has 1 unspecified atom stereocenters. The Kier molecular flexibility index (Phi) is 3.33. The molecule has 1 heterocycles. The van der Waals surface area contributed by atoms with Crippen molar-refractivity contribution in [1.82, 2.24) is 4.57 Å². The highest BCUT2D eigenvalue weighted by Gasteiger charge is 2.23. The van der Waals surface area contributed by atoms with Gasteiger partial charge in [0.25, 0.3) is 5.69 Å². The molecule has 0 amide bonds. The van der Waals surface area contributed by atoms with Crippen LogP contribution in [0.1, 0.15) is 5.56 Å². The first kappa shape index (κ1) is 13.8. The van der Waals surface area contributed by atoms with Gasteiger partial charge in [0, 0.05) is 25.7 Å². The quantitative estimate of drug-likeness (QED) is 0.558. The molecule has 8 nitrogen and oxygen atoms in total. The second kappa shape index (κ2) is 4.82. The van der Waals surface area contributed by atoms with Crippen molar-refractivity contribution in [3.8, 4) is 5.75 Å². The van der Waals surface area contributed by atoms with Crippen LogP contribution in [0.25, 0.3) is 10.9 Å². The number of carboxylic acid groups (broad SMARTS) is 1. The average Bonchev–Trinajstić information content (AvgIpc) is 2.67. The van der Waals surface area contributed by atoms with E-state index in [1.165, 1.54) is 16.7 Å². The fourth-order valence-electron chi connectivity index (χ4n) is 2.24. The number of nitro groups is 1. The summed E-state index contributed by atoms with van der Waals surface area (Å²) in [4.78, 5) is 21.3. The highest BCUT2D eigenvalue weighted by molar-refractivity contribution is 5.96. The van der Waals surface area contributed by atoms with E-state index in [4.69, 9.17) is 10.8 Å². The minimum absolute atomic E-state index is 0.0586. The number of benzene rings is 1. The fraction of sp³-hybridized carbons (Fsp3) is 0.250. The van der Waals surface area contributed by atoms with Gasteiger partial charge in [0.1, 0.15) is 11.8 Å². The minimum Gasteiger partial charge on any atom is -0.506 e. The summed E-state index contributed by atoms with van der Waals surface area (Å²) in [6.45, 7) is 0. The lowest BCUT2D eigenvalue weighted by atomic mass is 10.0. The maximum absolute atomic E-state index is 11.1. The molecule has 0 radical (unpaired) electrons. The van der Waals surface area contributed by atoms with E-state index >= 15 is 0 Å². The van der Waals surface area contributed by atoms with Gasteiger partial charge in [0.15, 0.2) is 0 Å². The lowest BCUT2D eigenvalue weighted by Gasteiger charge is -2.05. The number of nitro benzene ring substituents is 1. The van der Waals surface area contributed by atoms with Crippen molar-refractivity contribution in [1.29, 1.82) is 0 Å². The van der Waals surface area contributed by atoms with Crippen molar-refractivity contribution < 1.29 is 19.9 Å². The number of non-ortho nitro benzene ring substituents is 1. The third-order valence-corrected chi connectivity index (χ3v) is 3.11. The predicted octanol–water partition coefficient (Wildman–Crippen LogP) is 0.746. The van der Waals surface area contributed by atoms with Crippen molar-refractivity contribution in [3.63, 3.8) is 0 Å². The van der Waals surface area contributed by atoms with Gasteiger partial charge >= 0.3 is 5.97 Å². The molecule has 8 heteroatoms. The minimum atomic E-state index is -1.19. The van der Waals surface area contributed by atoms with Crippen molar-refractivity contribution >= 4 is 22.6 Å². The number of aromatic hydroxyl groups is 1. The van der Waals surface area contributed by atoms with E-state index < -0.39 is 16.9 Å². The van der Waals surface area contributed by atoms with Crippen LogP contribution in [0, 0.1) is 10.1 Å². The van der Waals surface area contributed by atoms with E-state index in [0.29, 0.717) is 5.56 Å². The van der Waals surface area contributed by atoms with Crippen LogP contribution in [-0.2, 0) is 18.3 Å². The molecule has 0 fully saturated rings. The number of aromatic nitrogens is 1. The number of hydrogen-bond donors (Lipinski definition) is 3. The molecule has 4 N–H and O–H groups in total. The second-order valence-electron chi connectivity index (χ2n) is 4.50. The number of aryl methyl sites for hydroxylation is 1. The molecule has 0 aliphatic rings. The highest BCUT2D eigenvalue weighted by Crippen LogP contribution is 2.36. The van der Waals surface area contributed by atoms with E-state index in [2.05, 4.69) is 0 Å². The lowest BCUT2D eigenvalue weighted by molar-refractivity contribution is -0.383. The van der Waals surface area contributed by atoms with Crippen LogP contribution in [0.5, 0.6) is 5.75 Å². The summed E-state index contributed by atoms with van der Waals surface area (Å²) < 4.78 is 1.52. The summed E-state index contributed by atoms with van der Waals surface area (Å²) in [5.74, 6) is -1.30. The van der Waals surface area contributed by atoms with Crippen LogP contribution < -0.4 is 5.73 Å². The Hall–Kier alpha value is -2.61. The van der Waals surface area contributed by atoms with Gasteiger partial charge in [-0.3, -0.25) is 14.9 Å². The smallest absolute Gasteiger partial charge is 0.320 e.